The molecule has 1 aliphatic heterocycles. The number of anilines is 2. The first-order valence-corrected chi connectivity index (χ1v) is 7.29. The Morgan fingerprint density at radius 2 is 1.67 bits per heavy atom. The molecule has 0 spiro atoms. The van der Waals surface area contributed by atoms with Gasteiger partial charge in [-0.05, 0) is 12.1 Å². The van der Waals surface area contributed by atoms with Gasteiger partial charge in [-0.25, -0.2) is 19.3 Å². The van der Waals surface area contributed by atoms with E-state index in [9.17, 15) is 4.39 Å². The largest absolute Gasteiger partial charge is 0.351 e. The van der Waals surface area contributed by atoms with Gasteiger partial charge in [0.05, 0.1) is 5.88 Å². The lowest BCUT2D eigenvalue weighted by atomic mass is 10.2. The fraction of sp³-hybridized carbons (Fsp3) is 0.357. The van der Waals surface area contributed by atoms with E-state index in [4.69, 9.17) is 11.6 Å². The average Bonchev–Trinajstić information content (AvgIpc) is 2.56. The highest BCUT2D eigenvalue weighted by Crippen LogP contribution is 2.22. The topological polar surface area (TPSA) is 45.2 Å². The molecule has 110 valence electrons. The average molecular weight is 308 g/mol. The number of alkyl halides is 1. The maximum Gasteiger partial charge on any atom is 0.225 e. The highest BCUT2D eigenvalue weighted by atomic mass is 35.5. The Morgan fingerprint density at radius 1 is 1.00 bits per heavy atom. The summed E-state index contributed by atoms with van der Waals surface area (Å²) < 4.78 is 14.3. The predicted octanol–water partition coefficient (Wildman–Crippen LogP) is 2.08. The number of pyridine rings is 1. The van der Waals surface area contributed by atoms with E-state index in [0.29, 0.717) is 30.4 Å². The van der Waals surface area contributed by atoms with E-state index >= 15 is 0 Å². The molecular formula is C14H15ClFN5. The van der Waals surface area contributed by atoms with Crippen LogP contribution in [0.3, 0.4) is 0 Å². The molecule has 3 rings (SSSR count). The summed E-state index contributed by atoms with van der Waals surface area (Å²) in [5.74, 6) is 0.915. The number of nitrogens with zero attached hydrogens (tertiary/aromatic N) is 5. The molecule has 1 fully saturated rings. The molecule has 7 heteroatoms. The molecule has 0 aromatic carbocycles. The molecule has 0 amide bonds. The van der Waals surface area contributed by atoms with Gasteiger partial charge in [0, 0.05) is 50.3 Å². The third-order valence-electron chi connectivity index (χ3n) is 3.51. The second kappa shape index (κ2) is 6.22. The lowest BCUT2D eigenvalue weighted by molar-refractivity contribution is 0.578. The van der Waals surface area contributed by atoms with Crippen LogP contribution in [0.2, 0.25) is 0 Å². The Hall–Kier alpha value is -1.95. The fourth-order valence-corrected chi connectivity index (χ4v) is 2.57. The Bertz CT molecular complexity index is 602. The van der Waals surface area contributed by atoms with Crippen molar-refractivity contribution in [1.82, 2.24) is 15.0 Å². The second-order valence-electron chi connectivity index (χ2n) is 4.76. The molecular weight excluding hydrogens is 293 g/mol. The molecule has 5 nitrogen and oxygen atoms in total. The van der Waals surface area contributed by atoms with E-state index in [0.717, 1.165) is 13.1 Å². The Kier molecular flexibility index (Phi) is 4.15. The van der Waals surface area contributed by atoms with Gasteiger partial charge < -0.3 is 9.80 Å². The number of piperazine rings is 1. The van der Waals surface area contributed by atoms with Crippen LogP contribution in [0.25, 0.3) is 0 Å². The number of aromatic nitrogens is 3. The summed E-state index contributed by atoms with van der Waals surface area (Å²) in [6.45, 7) is 2.81. The van der Waals surface area contributed by atoms with Crippen molar-refractivity contribution in [3.63, 3.8) is 0 Å². The normalized spacial score (nSPS) is 15.3. The van der Waals surface area contributed by atoms with Crippen molar-refractivity contribution in [3.05, 3.63) is 42.1 Å². The highest BCUT2D eigenvalue weighted by Gasteiger charge is 2.22. The van der Waals surface area contributed by atoms with Gasteiger partial charge in [0.25, 0.3) is 0 Å². The van der Waals surface area contributed by atoms with Crippen LogP contribution in [0.5, 0.6) is 0 Å². The molecule has 1 saturated heterocycles. The quantitative estimate of drug-likeness (QED) is 0.812. The molecule has 0 N–H and O–H groups in total. The first-order valence-electron chi connectivity index (χ1n) is 6.76. The molecule has 1 aliphatic rings. The van der Waals surface area contributed by atoms with Crippen LogP contribution in [0.4, 0.5) is 16.2 Å². The third-order valence-corrected chi connectivity index (χ3v) is 3.80. The van der Waals surface area contributed by atoms with Crippen LogP contribution in [-0.4, -0.2) is 41.1 Å². The van der Waals surface area contributed by atoms with Gasteiger partial charge in [-0.3, -0.25) is 0 Å². The van der Waals surface area contributed by atoms with E-state index < -0.39 is 0 Å². The molecule has 0 saturated carbocycles. The smallest absolute Gasteiger partial charge is 0.225 e. The summed E-state index contributed by atoms with van der Waals surface area (Å²) in [7, 11) is 0. The van der Waals surface area contributed by atoms with Crippen LogP contribution in [0.15, 0.2) is 30.7 Å². The van der Waals surface area contributed by atoms with Gasteiger partial charge in [0.15, 0.2) is 11.6 Å². The molecule has 0 unspecified atom stereocenters. The first-order chi connectivity index (χ1) is 10.3. The van der Waals surface area contributed by atoms with Crippen molar-refractivity contribution >= 4 is 23.4 Å². The van der Waals surface area contributed by atoms with Crippen molar-refractivity contribution in [2.75, 3.05) is 36.0 Å². The van der Waals surface area contributed by atoms with Gasteiger partial charge in [0.2, 0.25) is 5.95 Å². The SMILES string of the molecule is Fc1c(CCl)ccnc1N1CCN(c2ncccn2)CC1. The minimum Gasteiger partial charge on any atom is -0.351 e. The monoisotopic (exact) mass is 307 g/mol. The van der Waals surface area contributed by atoms with Crippen LogP contribution in [0, 0.1) is 5.82 Å². The Morgan fingerprint density at radius 3 is 2.33 bits per heavy atom. The zero-order valence-electron chi connectivity index (χ0n) is 11.4. The van der Waals surface area contributed by atoms with Crippen molar-refractivity contribution in [1.29, 1.82) is 0 Å². The number of hydrogen-bond donors (Lipinski definition) is 0. The predicted molar refractivity (Wildman–Crippen MR) is 80.2 cm³/mol. The standard InChI is InChI=1S/C14H15ClFN5/c15-10-11-2-5-17-13(12(11)16)20-6-8-21(9-7-20)14-18-3-1-4-19-14/h1-5H,6-10H2. The Balaban J connectivity index is 1.72. The lowest BCUT2D eigenvalue weighted by Gasteiger charge is -2.35. The highest BCUT2D eigenvalue weighted by molar-refractivity contribution is 6.17. The fourth-order valence-electron chi connectivity index (χ4n) is 2.37. The summed E-state index contributed by atoms with van der Waals surface area (Å²) >= 11 is 5.74. The van der Waals surface area contributed by atoms with Crippen molar-refractivity contribution in [2.45, 2.75) is 5.88 Å². The van der Waals surface area contributed by atoms with Gasteiger partial charge in [-0.15, -0.1) is 11.6 Å². The summed E-state index contributed by atoms with van der Waals surface area (Å²) in [6.07, 6.45) is 5.04. The van der Waals surface area contributed by atoms with E-state index in [1.54, 1.807) is 30.7 Å². The van der Waals surface area contributed by atoms with Gasteiger partial charge in [-0.2, -0.15) is 0 Å². The Labute approximate surface area is 127 Å². The van der Waals surface area contributed by atoms with E-state index in [2.05, 4.69) is 19.9 Å². The van der Waals surface area contributed by atoms with E-state index in [-0.39, 0.29) is 11.7 Å². The second-order valence-corrected chi connectivity index (χ2v) is 5.03. The summed E-state index contributed by atoms with van der Waals surface area (Å²) in [5, 5.41) is 0. The maximum absolute atomic E-state index is 14.3. The maximum atomic E-state index is 14.3. The van der Waals surface area contributed by atoms with Crippen molar-refractivity contribution in [3.8, 4) is 0 Å². The van der Waals surface area contributed by atoms with Crippen molar-refractivity contribution in [2.24, 2.45) is 0 Å². The number of halogens is 2. The van der Waals surface area contributed by atoms with Gasteiger partial charge in [0.1, 0.15) is 0 Å². The third kappa shape index (κ3) is 2.90. The molecule has 21 heavy (non-hydrogen) atoms. The number of rotatable bonds is 3. The zero-order chi connectivity index (χ0) is 14.7. The molecule has 0 aliphatic carbocycles. The molecule has 2 aromatic rings. The van der Waals surface area contributed by atoms with E-state index in [1.165, 1.54) is 0 Å². The van der Waals surface area contributed by atoms with Gasteiger partial charge in [-0.1, -0.05) is 0 Å². The molecule has 2 aromatic heterocycles. The molecule has 3 heterocycles. The molecule has 0 radical (unpaired) electrons. The molecule has 0 bridgehead atoms. The minimum atomic E-state index is -0.322. The number of hydrogen-bond acceptors (Lipinski definition) is 5. The van der Waals surface area contributed by atoms with Crippen LogP contribution in [0.1, 0.15) is 5.56 Å². The van der Waals surface area contributed by atoms with Crippen LogP contribution < -0.4 is 9.80 Å². The summed E-state index contributed by atoms with van der Waals surface area (Å²) in [5.41, 5.74) is 0.482. The van der Waals surface area contributed by atoms with Crippen LogP contribution >= 0.6 is 11.6 Å². The van der Waals surface area contributed by atoms with Gasteiger partial charge >= 0.3 is 0 Å². The van der Waals surface area contributed by atoms with E-state index in [1.807, 2.05) is 4.90 Å². The molecule has 0 atom stereocenters. The summed E-state index contributed by atoms with van der Waals surface area (Å²) in [6, 6.07) is 3.40. The zero-order valence-corrected chi connectivity index (χ0v) is 12.2. The summed E-state index contributed by atoms with van der Waals surface area (Å²) in [4.78, 5) is 16.6. The van der Waals surface area contributed by atoms with Crippen LogP contribution in [-0.2, 0) is 5.88 Å². The first kappa shape index (κ1) is 14.0. The van der Waals surface area contributed by atoms with Crippen molar-refractivity contribution < 1.29 is 4.39 Å². The minimum absolute atomic E-state index is 0.152. The lowest BCUT2D eigenvalue weighted by Crippen LogP contribution is -2.47.